The first-order valence-electron chi connectivity index (χ1n) is 7.74. The van der Waals surface area contributed by atoms with E-state index >= 15 is 0 Å². The first kappa shape index (κ1) is 17.1. The molecule has 2 aromatic rings. The third kappa shape index (κ3) is 3.85. The van der Waals surface area contributed by atoms with Crippen molar-refractivity contribution in [3.63, 3.8) is 0 Å². The van der Waals surface area contributed by atoms with Gasteiger partial charge in [-0.3, -0.25) is 4.79 Å². The van der Waals surface area contributed by atoms with Gasteiger partial charge in [0.25, 0.3) is 0 Å². The lowest BCUT2D eigenvalue weighted by atomic mass is 10.2. The average Bonchev–Trinajstić information content (AvgIpc) is 3.16. The number of thioether (sulfide) groups is 1. The summed E-state index contributed by atoms with van der Waals surface area (Å²) in [5, 5.41) is 0.639. The van der Waals surface area contributed by atoms with E-state index in [1.165, 1.54) is 22.3 Å². The molecule has 0 spiro atoms. The molecule has 1 aliphatic heterocycles. The normalized spacial score (nSPS) is 15.5. The van der Waals surface area contributed by atoms with Gasteiger partial charge in [-0.2, -0.15) is 4.31 Å². The SMILES string of the molecule is O=C(CSc1ccc(S(=O)(=O)N2CCCC2)cn1)c1ccccc1. The zero-order valence-corrected chi connectivity index (χ0v) is 14.7. The highest BCUT2D eigenvalue weighted by Gasteiger charge is 2.27. The van der Waals surface area contributed by atoms with Crippen molar-refractivity contribution in [1.29, 1.82) is 0 Å². The zero-order valence-electron chi connectivity index (χ0n) is 13.1. The molecular weight excluding hydrogens is 344 g/mol. The van der Waals surface area contributed by atoms with Gasteiger partial charge in [-0.15, -0.1) is 0 Å². The minimum absolute atomic E-state index is 0.0242. The maximum Gasteiger partial charge on any atom is 0.244 e. The van der Waals surface area contributed by atoms with E-state index in [4.69, 9.17) is 0 Å². The topological polar surface area (TPSA) is 67.3 Å². The number of sulfonamides is 1. The summed E-state index contributed by atoms with van der Waals surface area (Å²) in [5.74, 6) is 0.297. The molecule has 0 atom stereocenters. The lowest BCUT2D eigenvalue weighted by molar-refractivity contribution is 0.102. The number of pyridine rings is 1. The van der Waals surface area contributed by atoms with E-state index in [2.05, 4.69) is 4.98 Å². The maximum atomic E-state index is 12.4. The standard InChI is InChI=1S/C17H18N2O3S2/c20-16(14-6-2-1-3-7-14)13-23-17-9-8-15(12-18-17)24(21,22)19-10-4-5-11-19/h1-3,6-9,12H,4-5,10-11,13H2. The van der Waals surface area contributed by atoms with E-state index in [-0.39, 0.29) is 16.4 Å². The van der Waals surface area contributed by atoms with E-state index < -0.39 is 10.0 Å². The van der Waals surface area contributed by atoms with Gasteiger partial charge in [0, 0.05) is 24.8 Å². The van der Waals surface area contributed by atoms with Gasteiger partial charge in [0.05, 0.1) is 10.8 Å². The van der Waals surface area contributed by atoms with Crippen molar-refractivity contribution in [1.82, 2.24) is 9.29 Å². The van der Waals surface area contributed by atoms with Crippen molar-refractivity contribution >= 4 is 27.6 Å². The molecule has 0 unspecified atom stereocenters. The highest BCUT2D eigenvalue weighted by molar-refractivity contribution is 7.99. The van der Waals surface area contributed by atoms with Crippen LogP contribution in [0.4, 0.5) is 0 Å². The predicted octanol–water partition coefficient (Wildman–Crippen LogP) is 2.84. The van der Waals surface area contributed by atoms with Crippen molar-refractivity contribution in [2.75, 3.05) is 18.8 Å². The van der Waals surface area contributed by atoms with Crippen LogP contribution in [0.3, 0.4) is 0 Å². The molecule has 7 heteroatoms. The number of Topliss-reactive ketones (excluding diaryl/α,β-unsaturated/α-hetero) is 1. The Labute approximate surface area is 146 Å². The molecule has 2 heterocycles. The average molecular weight is 362 g/mol. The summed E-state index contributed by atoms with van der Waals surface area (Å²) in [6.07, 6.45) is 3.19. The highest BCUT2D eigenvalue weighted by Crippen LogP contribution is 2.23. The predicted molar refractivity (Wildman–Crippen MR) is 93.7 cm³/mol. The van der Waals surface area contributed by atoms with E-state index in [9.17, 15) is 13.2 Å². The Bertz CT molecular complexity index is 799. The van der Waals surface area contributed by atoms with Crippen molar-refractivity contribution in [3.8, 4) is 0 Å². The van der Waals surface area contributed by atoms with Gasteiger partial charge in [-0.25, -0.2) is 13.4 Å². The lowest BCUT2D eigenvalue weighted by Gasteiger charge is -2.15. The molecule has 3 rings (SSSR count). The molecule has 1 aromatic heterocycles. The van der Waals surface area contributed by atoms with Crippen molar-refractivity contribution in [3.05, 3.63) is 54.2 Å². The Morgan fingerprint density at radius 1 is 1.08 bits per heavy atom. The molecular formula is C17H18N2O3S2. The van der Waals surface area contributed by atoms with Crippen LogP contribution in [0.1, 0.15) is 23.2 Å². The van der Waals surface area contributed by atoms with Gasteiger partial charge in [-0.05, 0) is 25.0 Å². The lowest BCUT2D eigenvalue weighted by Crippen LogP contribution is -2.27. The summed E-state index contributed by atoms with van der Waals surface area (Å²) in [4.78, 5) is 16.5. The van der Waals surface area contributed by atoms with Gasteiger partial charge in [0.1, 0.15) is 4.90 Å². The first-order valence-corrected chi connectivity index (χ1v) is 10.2. The quantitative estimate of drug-likeness (QED) is 0.584. The largest absolute Gasteiger partial charge is 0.293 e. The summed E-state index contributed by atoms with van der Waals surface area (Å²) in [6, 6.07) is 12.3. The third-order valence-electron chi connectivity index (χ3n) is 3.86. The number of nitrogens with zero attached hydrogens (tertiary/aromatic N) is 2. The maximum absolute atomic E-state index is 12.4. The molecule has 0 aliphatic carbocycles. The molecule has 0 amide bonds. The second-order valence-electron chi connectivity index (χ2n) is 5.52. The second-order valence-corrected chi connectivity index (χ2v) is 8.45. The molecule has 0 saturated carbocycles. The minimum atomic E-state index is -3.44. The molecule has 1 aliphatic rings. The number of carbonyl (C=O) groups excluding carboxylic acids is 1. The number of benzene rings is 1. The molecule has 24 heavy (non-hydrogen) atoms. The fraction of sp³-hybridized carbons (Fsp3) is 0.294. The Morgan fingerprint density at radius 2 is 1.79 bits per heavy atom. The fourth-order valence-corrected chi connectivity index (χ4v) is 4.73. The van der Waals surface area contributed by atoms with Crippen LogP contribution < -0.4 is 0 Å². The Hall–Kier alpha value is -1.70. The number of ketones is 1. The molecule has 5 nitrogen and oxygen atoms in total. The summed E-state index contributed by atoms with van der Waals surface area (Å²) in [7, 11) is -3.44. The van der Waals surface area contributed by atoms with E-state index in [0.29, 0.717) is 23.7 Å². The number of carbonyl (C=O) groups is 1. The van der Waals surface area contributed by atoms with Gasteiger partial charge >= 0.3 is 0 Å². The van der Waals surface area contributed by atoms with Crippen LogP contribution in [0, 0.1) is 0 Å². The van der Waals surface area contributed by atoms with Crippen molar-refractivity contribution < 1.29 is 13.2 Å². The third-order valence-corrected chi connectivity index (χ3v) is 6.68. The van der Waals surface area contributed by atoms with E-state index in [1.807, 2.05) is 18.2 Å². The Balaban J connectivity index is 1.63. The number of rotatable bonds is 6. The van der Waals surface area contributed by atoms with Crippen LogP contribution in [0.5, 0.6) is 0 Å². The van der Waals surface area contributed by atoms with Crippen molar-refractivity contribution in [2.45, 2.75) is 22.8 Å². The molecule has 0 bridgehead atoms. The van der Waals surface area contributed by atoms with E-state index in [0.717, 1.165) is 12.8 Å². The Kier molecular flexibility index (Phi) is 5.33. The second kappa shape index (κ2) is 7.46. The van der Waals surface area contributed by atoms with Gasteiger partial charge in [0.2, 0.25) is 10.0 Å². The Morgan fingerprint density at radius 3 is 2.42 bits per heavy atom. The summed E-state index contributed by atoms with van der Waals surface area (Å²) < 4.78 is 26.3. The van der Waals surface area contributed by atoms with Crippen molar-refractivity contribution in [2.24, 2.45) is 0 Å². The zero-order chi connectivity index (χ0) is 17.0. The molecule has 0 radical (unpaired) electrons. The van der Waals surface area contributed by atoms with Gasteiger partial charge in [-0.1, -0.05) is 42.1 Å². The van der Waals surface area contributed by atoms with Crippen LogP contribution in [-0.4, -0.2) is 42.3 Å². The van der Waals surface area contributed by atoms with Crippen LogP contribution >= 0.6 is 11.8 Å². The molecule has 1 fully saturated rings. The number of hydrogen-bond donors (Lipinski definition) is 0. The van der Waals surface area contributed by atoms with E-state index in [1.54, 1.807) is 24.3 Å². The number of aromatic nitrogens is 1. The summed E-state index contributed by atoms with van der Waals surface area (Å²) in [5.41, 5.74) is 0.665. The molecule has 1 aromatic carbocycles. The monoisotopic (exact) mass is 362 g/mol. The van der Waals surface area contributed by atoms with Crippen LogP contribution in [0.2, 0.25) is 0 Å². The first-order chi connectivity index (χ1) is 11.6. The molecule has 126 valence electrons. The smallest absolute Gasteiger partial charge is 0.244 e. The molecule has 1 saturated heterocycles. The van der Waals surface area contributed by atoms with Crippen LogP contribution in [0.25, 0.3) is 0 Å². The minimum Gasteiger partial charge on any atom is -0.293 e. The van der Waals surface area contributed by atoms with Gasteiger partial charge < -0.3 is 0 Å². The highest BCUT2D eigenvalue weighted by atomic mass is 32.2. The summed E-state index contributed by atoms with van der Waals surface area (Å²) >= 11 is 1.31. The molecule has 0 N–H and O–H groups in total. The number of hydrogen-bond acceptors (Lipinski definition) is 5. The van der Waals surface area contributed by atoms with Crippen LogP contribution in [-0.2, 0) is 10.0 Å². The summed E-state index contributed by atoms with van der Waals surface area (Å²) in [6.45, 7) is 1.15. The van der Waals surface area contributed by atoms with Gasteiger partial charge in [0.15, 0.2) is 5.78 Å². The fourth-order valence-electron chi connectivity index (χ4n) is 2.53. The van der Waals surface area contributed by atoms with Crippen LogP contribution in [0.15, 0.2) is 58.6 Å².